The summed E-state index contributed by atoms with van der Waals surface area (Å²) in [4.78, 5) is 18.7. The van der Waals surface area contributed by atoms with E-state index in [1.165, 1.54) is 0 Å². The molecule has 27 heavy (non-hydrogen) atoms. The first-order chi connectivity index (χ1) is 12.9. The maximum atomic E-state index is 12.1. The van der Waals surface area contributed by atoms with E-state index in [0.29, 0.717) is 5.92 Å². The van der Waals surface area contributed by atoms with Crippen LogP contribution in [-0.4, -0.2) is 55.3 Å². The SMILES string of the molecule is CCNC(=NCC1CCN(C(=O)OC(C)(C)C)CC1)NCCc1ccco1. The topological polar surface area (TPSA) is 79.1 Å². The summed E-state index contributed by atoms with van der Waals surface area (Å²) in [6, 6.07) is 3.88. The number of nitrogens with one attached hydrogen (secondary N) is 2. The highest BCUT2D eigenvalue weighted by Gasteiger charge is 2.26. The van der Waals surface area contributed by atoms with Gasteiger partial charge in [0.15, 0.2) is 5.96 Å². The normalized spacial score (nSPS) is 16.3. The molecule has 1 aliphatic heterocycles. The summed E-state index contributed by atoms with van der Waals surface area (Å²) in [6.07, 6.45) is 4.21. The molecular weight excluding hydrogens is 344 g/mol. The van der Waals surface area contributed by atoms with E-state index in [2.05, 4.69) is 17.6 Å². The van der Waals surface area contributed by atoms with Gasteiger partial charge in [0, 0.05) is 39.1 Å². The summed E-state index contributed by atoms with van der Waals surface area (Å²) in [6.45, 7) is 11.6. The fraction of sp³-hybridized carbons (Fsp3) is 0.700. The van der Waals surface area contributed by atoms with E-state index >= 15 is 0 Å². The Bertz CT molecular complexity index is 585. The first-order valence-corrected chi connectivity index (χ1v) is 9.90. The second-order valence-corrected chi connectivity index (χ2v) is 7.89. The molecule has 0 atom stereocenters. The molecule has 1 aromatic rings. The van der Waals surface area contributed by atoms with Crippen LogP contribution in [0.25, 0.3) is 0 Å². The highest BCUT2D eigenvalue weighted by atomic mass is 16.6. The van der Waals surface area contributed by atoms with Crippen molar-refractivity contribution in [1.29, 1.82) is 0 Å². The number of carbonyl (C=O) groups excluding carboxylic acids is 1. The third-order valence-electron chi connectivity index (χ3n) is 4.36. The van der Waals surface area contributed by atoms with Gasteiger partial charge >= 0.3 is 6.09 Å². The van der Waals surface area contributed by atoms with Crippen molar-refractivity contribution in [3.8, 4) is 0 Å². The molecule has 1 aromatic heterocycles. The summed E-state index contributed by atoms with van der Waals surface area (Å²) in [5.41, 5.74) is -0.444. The van der Waals surface area contributed by atoms with E-state index in [9.17, 15) is 4.79 Å². The lowest BCUT2D eigenvalue weighted by molar-refractivity contribution is 0.0187. The highest BCUT2D eigenvalue weighted by molar-refractivity contribution is 5.79. The molecule has 152 valence electrons. The molecule has 0 bridgehead atoms. The monoisotopic (exact) mass is 378 g/mol. The fourth-order valence-corrected chi connectivity index (χ4v) is 2.95. The van der Waals surface area contributed by atoms with Crippen molar-refractivity contribution >= 4 is 12.1 Å². The Morgan fingerprint density at radius 1 is 1.33 bits per heavy atom. The van der Waals surface area contributed by atoms with Crippen molar-refractivity contribution in [2.75, 3.05) is 32.7 Å². The number of amides is 1. The lowest BCUT2D eigenvalue weighted by Gasteiger charge is -2.33. The Balaban J connectivity index is 1.73. The number of hydrogen-bond acceptors (Lipinski definition) is 4. The number of guanidine groups is 1. The molecule has 1 saturated heterocycles. The maximum Gasteiger partial charge on any atom is 0.410 e. The molecule has 7 nitrogen and oxygen atoms in total. The number of likely N-dealkylation sites (tertiary alicyclic amines) is 1. The largest absolute Gasteiger partial charge is 0.469 e. The van der Waals surface area contributed by atoms with E-state index in [-0.39, 0.29) is 6.09 Å². The number of piperidine rings is 1. The average Bonchev–Trinajstić information content (AvgIpc) is 3.12. The van der Waals surface area contributed by atoms with Crippen LogP contribution in [0, 0.1) is 5.92 Å². The third kappa shape index (κ3) is 7.93. The second-order valence-electron chi connectivity index (χ2n) is 7.89. The third-order valence-corrected chi connectivity index (χ3v) is 4.36. The number of furan rings is 1. The predicted molar refractivity (Wildman–Crippen MR) is 107 cm³/mol. The number of ether oxygens (including phenoxy) is 1. The van der Waals surface area contributed by atoms with E-state index in [1.54, 1.807) is 11.2 Å². The van der Waals surface area contributed by atoms with Gasteiger partial charge in [-0.1, -0.05) is 0 Å². The van der Waals surface area contributed by atoms with Gasteiger partial charge in [-0.05, 0) is 58.6 Å². The van der Waals surface area contributed by atoms with Crippen LogP contribution in [0.2, 0.25) is 0 Å². The van der Waals surface area contributed by atoms with Crippen LogP contribution in [0.1, 0.15) is 46.3 Å². The van der Waals surface area contributed by atoms with Crippen LogP contribution in [-0.2, 0) is 11.2 Å². The number of nitrogens with zero attached hydrogens (tertiary/aromatic N) is 2. The minimum absolute atomic E-state index is 0.211. The molecule has 1 amide bonds. The van der Waals surface area contributed by atoms with E-state index < -0.39 is 5.60 Å². The standard InChI is InChI=1S/C20H34N4O3/c1-5-21-18(22-11-8-17-7-6-14-26-17)23-15-16-9-12-24(13-10-16)19(25)27-20(2,3)4/h6-7,14,16H,5,8-13,15H2,1-4H3,(H2,21,22,23). The van der Waals surface area contributed by atoms with Gasteiger partial charge in [0.2, 0.25) is 0 Å². The molecule has 0 radical (unpaired) electrons. The van der Waals surface area contributed by atoms with Gasteiger partial charge in [-0.15, -0.1) is 0 Å². The van der Waals surface area contributed by atoms with Gasteiger partial charge in [0.25, 0.3) is 0 Å². The van der Waals surface area contributed by atoms with Crippen molar-refractivity contribution in [3.63, 3.8) is 0 Å². The van der Waals surface area contributed by atoms with Gasteiger partial charge < -0.3 is 24.7 Å². The van der Waals surface area contributed by atoms with Crippen LogP contribution >= 0.6 is 0 Å². The van der Waals surface area contributed by atoms with E-state index in [1.807, 2.05) is 32.9 Å². The zero-order chi connectivity index (χ0) is 19.7. The molecule has 1 aliphatic rings. The zero-order valence-electron chi connectivity index (χ0n) is 17.1. The lowest BCUT2D eigenvalue weighted by Crippen LogP contribution is -2.42. The molecule has 0 aliphatic carbocycles. The molecular formula is C20H34N4O3. The fourth-order valence-electron chi connectivity index (χ4n) is 2.95. The molecule has 2 N–H and O–H groups in total. The molecule has 2 heterocycles. The van der Waals surface area contributed by atoms with Gasteiger partial charge in [0.1, 0.15) is 11.4 Å². The zero-order valence-corrected chi connectivity index (χ0v) is 17.1. The van der Waals surface area contributed by atoms with Crippen molar-refractivity contribution in [2.45, 2.75) is 52.6 Å². The predicted octanol–water partition coefficient (Wildman–Crippen LogP) is 3.02. The molecule has 0 saturated carbocycles. The summed E-state index contributed by atoms with van der Waals surface area (Å²) < 4.78 is 10.8. The van der Waals surface area contributed by atoms with Gasteiger partial charge in [-0.2, -0.15) is 0 Å². The Kier molecular flexibility index (Phi) is 8.00. The molecule has 0 aromatic carbocycles. The molecule has 0 spiro atoms. The van der Waals surface area contributed by atoms with Crippen LogP contribution in [0.5, 0.6) is 0 Å². The van der Waals surface area contributed by atoms with Gasteiger partial charge in [-0.3, -0.25) is 4.99 Å². The number of rotatable bonds is 6. The van der Waals surface area contributed by atoms with E-state index in [0.717, 1.165) is 63.7 Å². The Labute approximate surface area is 162 Å². The van der Waals surface area contributed by atoms with Crippen LogP contribution in [0.4, 0.5) is 4.79 Å². The van der Waals surface area contributed by atoms with Crippen LogP contribution < -0.4 is 10.6 Å². The minimum Gasteiger partial charge on any atom is -0.469 e. The van der Waals surface area contributed by atoms with Crippen molar-refractivity contribution in [2.24, 2.45) is 10.9 Å². The van der Waals surface area contributed by atoms with Crippen molar-refractivity contribution < 1.29 is 13.9 Å². The highest BCUT2D eigenvalue weighted by Crippen LogP contribution is 2.19. The lowest BCUT2D eigenvalue weighted by atomic mass is 9.97. The maximum absolute atomic E-state index is 12.1. The smallest absolute Gasteiger partial charge is 0.410 e. The molecule has 2 rings (SSSR count). The Morgan fingerprint density at radius 3 is 2.67 bits per heavy atom. The first kappa shape index (κ1) is 21.1. The number of hydrogen-bond donors (Lipinski definition) is 2. The summed E-state index contributed by atoms with van der Waals surface area (Å²) in [5.74, 6) is 2.29. The van der Waals surface area contributed by atoms with Crippen LogP contribution in [0.3, 0.4) is 0 Å². The summed E-state index contributed by atoms with van der Waals surface area (Å²) in [5, 5.41) is 6.62. The molecule has 0 unspecified atom stereocenters. The van der Waals surface area contributed by atoms with Gasteiger partial charge in [0.05, 0.1) is 6.26 Å². The summed E-state index contributed by atoms with van der Waals surface area (Å²) >= 11 is 0. The molecule has 7 heteroatoms. The Hall–Kier alpha value is -2.18. The van der Waals surface area contributed by atoms with E-state index in [4.69, 9.17) is 14.1 Å². The quantitative estimate of drug-likeness (QED) is 0.588. The minimum atomic E-state index is -0.444. The van der Waals surface area contributed by atoms with Crippen LogP contribution in [0.15, 0.2) is 27.8 Å². The number of aliphatic imine (C=N–C) groups is 1. The number of carbonyl (C=O) groups is 1. The Morgan fingerprint density at radius 2 is 2.07 bits per heavy atom. The first-order valence-electron chi connectivity index (χ1n) is 9.90. The van der Waals surface area contributed by atoms with Gasteiger partial charge in [-0.25, -0.2) is 4.79 Å². The second kappa shape index (κ2) is 10.2. The molecule has 1 fully saturated rings. The average molecular weight is 379 g/mol. The summed E-state index contributed by atoms with van der Waals surface area (Å²) in [7, 11) is 0. The van der Waals surface area contributed by atoms with Crippen molar-refractivity contribution in [3.05, 3.63) is 24.2 Å². The van der Waals surface area contributed by atoms with Crippen molar-refractivity contribution in [1.82, 2.24) is 15.5 Å².